The third-order valence-electron chi connectivity index (χ3n) is 2.98. The molecule has 1 aromatic heterocycles. The zero-order chi connectivity index (χ0) is 12.5. The van der Waals surface area contributed by atoms with E-state index >= 15 is 0 Å². The Morgan fingerprint density at radius 2 is 2.00 bits per heavy atom. The second-order valence-electron chi connectivity index (χ2n) is 4.11. The number of hydrogen-bond acceptors (Lipinski definition) is 3. The fourth-order valence-corrected chi connectivity index (χ4v) is 2.94. The highest BCUT2D eigenvalue weighted by Gasteiger charge is 2.10. The topological polar surface area (TPSA) is 30.0 Å². The number of benzene rings is 2. The molecule has 0 atom stereocenters. The Labute approximate surface area is 109 Å². The van der Waals surface area contributed by atoms with E-state index in [0.717, 1.165) is 38.1 Å². The predicted molar refractivity (Wildman–Crippen MR) is 75.2 cm³/mol. The van der Waals surface area contributed by atoms with Gasteiger partial charge >= 0.3 is 0 Å². The van der Waals surface area contributed by atoms with Crippen LogP contribution in [0.4, 0.5) is 0 Å². The molecule has 0 saturated heterocycles. The number of thiazole rings is 1. The summed E-state index contributed by atoms with van der Waals surface area (Å²) in [5.41, 5.74) is 1.71. The number of carbonyl (C=O) groups is 1. The van der Waals surface area contributed by atoms with E-state index in [0.29, 0.717) is 0 Å². The van der Waals surface area contributed by atoms with Gasteiger partial charge in [-0.1, -0.05) is 36.4 Å². The first kappa shape index (κ1) is 11.1. The monoisotopic (exact) mass is 253 g/mol. The molecule has 0 aliphatic rings. The van der Waals surface area contributed by atoms with Crippen molar-refractivity contribution in [3.63, 3.8) is 0 Å². The van der Waals surface area contributed by atoms with Crippen molar-refractivity contribution in [2.45, 2.75) is 6.92 Å². The maximum Gasteiger partial charge on any atom is 0.151 e. The van der Waals surface area contributed by atoms with Crippen LogP contribution in [0.2, 0.25) is 0 Å². The van der Waals surface area contributed by atoms with Gasteiger partial charge in [0.1, 0.15) is 0 Å². The van der Waals surface area contributed by atoms with E-state index in [1.54, 1.807) is 11.3 Å². The Morgan fingerprint density at radius 1 is 1.17 bits per heavy atom. The zero-order valence-electron chi connectivity index (χ0n) is 9.88. The van der Waals surface area contributed by atoms with Gasteiger partial charge in [0.25, 0.3) is 0 Å². The van der Waals surface area contributed by atoms with Crippen LogP contribution in [0, 0.1) is 6.92 Å². The highest BCUT2D eigenvalue weighted by atomic mass is 32.1. The molecule has 3 heteroatoms. The van der Waals surface area contributed by atoms with Crippen LogP contribution in [0.3, 0.4) is 0 Å². The predicted octanol–water partition coefficient (Wildman–Crippen LogP) is 4.08. The molecule has 1 heterocycles. The first-order chi connectivity index (χ1) is 8.79. The number of aryl methyl sites for hydroxylation is 1. The standard InChI is InChI=1S/C15H11NOS/c1-10-16-8-15(18-10)13-7-6-11-4-2-3-5-12(11)14(13)9-17/h2-9H,1H3. The molecule has 0 aliphatic heterocycles. The maximum atomic E-state index is 11.4. The fraction of sp³-hybridized carbons (Fsp3) is 0.0667. The van der Waals surface area contributed by atoms with Crippen LogP contribution in [0.1, 0.15) is 15.4 Å². The van der Waals surface area contributed by atoms with Crippen LogP contribution in [0.25, 0.3) is 21.2 Å². The molecule has 0 saturated carbocycles. The van der Waals surface area contributed by atoms with Gasteiger partial charge in [0.15, 0.2) is 6.29 Å². The molecule has 0 aliphatic carbocycles. The Hall–Kier alpha value is -2.00. The summed E-state index contributed by atoms with van der Waals surface area (Å²) in [4.78, 5) is 16.7. The van der Waals surface area contributed by atoms with E-state index in [4.69, 9.17) is 0 Å². The van der Waals surface area contributed by atoms with Gasteiger partial charge in [-0.05, 0) is 17.7 Å². The van der Waals surface area contributed by atoms with Crippen molar-refractivity contribution in [3.8, 4) is 10.4 Å². The summed E-state index contributed by atoms with van der Waals surface area (Å²) in [5.74, 6) is 0. The highest BCUT2D eigenvalue weighted by Crippen LogP contribution is 2.32. The zero-order valence-corrected chi connectivity index (χ0v) is 10.7. The quantitative estimate of drug-likeness (QED) is 0.644. The minimum absolute atomic E-state index is 0.747. The van der Waals surface area contributed by atoms with E-state index in [-0.39, 0.29) is 0 Å². The van der Waals surface area contributed by atoms with E-state index in [2.05, 4.69) is 4.98 Å². The summed E-state index contributed by atoms with van der Waals surface area (Å²) >= 11 is 1.61. The Morgan fingerprint density at radius 3 is 2.72 bits per heavy atom. The molecule has 2 nitrogen and oxygen atoms in total. The molecule has 2 aromatic carbocycles. The van der Waals surface area contributed by atoms with Crippen molar-refractivity contribution < 1.29 is 4.79 Å². The molecule has 0 radical (unpaired) electrons. The molecule has 0 fully saturated rings. The summed E-state index contributed by atoms with van der Waals surface area (Å²) in [7, 11) is 0. The van der Waals surface area contributed by atoms with Gasteiger partial charge in [-0.25, -0.2) is 4.98 Å². The first-order valence-corrected chi connectivity index (χ1v) is 6.51. The van der Waals surface area contributed by atoms with E-state index in [1.807, 2.05) is 49.5 Å². The van der Waals surface area contributed by atoms with Crippen LogP contribution in [-0.4, -0.2) is 11.3 Å². The molecule has 3 aromatic rings. The second kappa shape index (κ2) is 4.35. The van der Waals surface area contributed by atoms with Crippen molar-refractivity contribution >= 4 is 28.4 Å². The third-order valence-corrected chi connectivity index (χ3v) is 3.92. The summed E-state index contributed by atoms with van der Waals surface area (Å²) < 4.78 is 0. The van der Waals surface area contributed by atoms with Crippen molar-refractivity contribution in [1.82, 2.24) is 4.98 Å². The third kappa shape index (κ3) is 1.73. The number of rotatable bonds is 2. The van der Waals surface area contributed by atoms with Crippen molar-refractivity contribution in [2.24, 2.45) is 0 Å². The Bertz CT molecular complexity index is 730. The molecular formula is C15H11NOS. The molecule has 0 N–H and O–H groups in total. The number of aldehydes is 1. The average Bonchev–Trinajstić information content (AvgIpc) is 2.84. The lowest BCUT2D eigenvalue weighted by molar-refractivity contribution is 0.112. The number of carbonyl (C=O) groups excluding carboxylic acids is 1. The SMILES string of the molecule is Cc1ncc(-c2ccc3ccccc3c2C=O)s1. The van der Waals surface area contributed by atoms with Crippen LogP contribution >= 0.6 is 11.3 Å². The van der Waals surface area contributed by atoms with Crippen LogP contribution < -0.4 is 0 Å². The number of fused-ring (bicyclic) bond motifs is 1. The van der Waals surface area contributed by atoms with Crippen LogP contribution in [0.5, 0.6) is 0 Å². The van der Waals surface area contributed by atoms with Gasteiger partial charge < -0.3 is 0 Å². The molecule has 0 bridgehead atoms. The molecule has 88 valence electrons. The van der Waals surface area contributed by atoms with Crippen molar-refractivity contribution in [2.75, 3.05) is 0 Å². The summed E-state index contributed by atoms with van der Waals surface area (Å²) in [6, 6.07) is 12.0. The second-order valence-corrected chi connectivity index (χ2v) is 5.34. The maximum absolute atomic E-state index is 11.4. The van der Waals surface area contributed by atoms with E-state index in [1.165, 1.54) is 0 Å². The Kier molecular flexibility index (Phi) is 2.68. The van der Waals surface area contributed by atoms with Crippen molar-refractivity contribution in [1.29, 1.82) is 0 Å². The average molecular weight is 253 g/mol. The summed E-state index contributed by atoms with van der Waals surface area (Å²) in [6.45, 7) is 1.97. The smallest absolute Gasteiger partial charge is 0.151 e. The number of nitrogens with zero attached hydrogens (tertiary/aromatic N) is 1. The van der Waals surface area contributed by atoms with E-state index in [9.17, 15) is 4.79 Å². The Balaban J connectivity index is 2.33. The highest BCUT2D eigenvalue weighted by molar-refractivity contribution is 7.15. The number of aromatic nitrogens is 1. The number of hydrogen-bond donors (Lipinski definition) is 0. The van der Waals surface area contributed by atoms with Gasteiger partial charge in [0.05, 0.1) is 9.88 Å². The van der Waals surface area contributed by atoms with Crippen LogP contribution in [0.15, 0.2) is 42.6 Å². The van der Waals surface area contributed by atoms with E-state index < -0.39 is 0 Å². The fourth-order valence-electron chi connectivity index (χ4n) is 2.12. The van der Waals surface area contributed by atoms with Gasteiger partial charge in [-0.15, -0.1) is 11.3 Å². The van der Waals surface area contributed by atoms with Crippen molar-refractivity contribution in [3.05, 3.63) is 53.2 Å². The molecule has 18 heavy (non-hydrogen) atoms. The minimum atomic E-state index is 0.747. The van der Waals surface area contributed by atoms with Gasteiger partial charge in [0.2, 0.25) is 0 Å². The molecular weight excluding hydrogens is 242 g/mol. The molecule has 0 unspecified atom stereocenters. The first-order valence-electron chi connectivity index (χ1n) is 5.69. The largest absolute Gasteiger partial charge is 0.298 e. The summed E-state index contributed by atoms with van der Waals surface area (Å²) in [5, 5.41) is 3.09. The molecule has 0 amide bonds. The minimum Gasteiger partial charge on any atom is -0.298 e. The van der Waals surface area contributed by atoms with Gasteiger partial charge in [-0.3, -0.25) is 4.79 Å². The van der Waals surface area contributed by atoms with Crippen LogP contribution in [-0.2, 0) is 0 Å². The lowest BCUT2D eigenvalue weighted by Crippen LogP contribution is -1.88. The molecule has 3 rings (SSSR count). The normalized spacial score (nSPS) is 10.7. The van der Waals surface area contributed by atoms with Gasteiger partial charge in [0, 0.05) is 17.3 Å². The molecule has 0 spiro atoms. The lowest BCUT2D eigenvalue weighted by atomic mass is 9.99. The lowest BCUT2D eigenvalue weighted by Gasteiger charge is -2.06. The summed E-state index contributed by atoms with van der Waals surface area (Å²) in [6.07, 6.45) is 2.77. The van der Waals surface area contributed by atoms with Gasteiger partial charge in [-0.2, -0.15) is 0 Å².